The summed E-state index contributed by atoms with van der Waals surface area (Å²) >= 11 is 11.9. The molecule has 0 fully saturated rings. The van der Waals surface area contributed by atoms with Crippen LogP contribution in [0.1, 0.15) is 44.6 Å². The fraction of sp³-hybridized carbons (Fsp3) is 0.429. The van der Waals surface area contributed by atoms with Crippen molar-refractivity contribution < 1.29 is 4.79 Å². The highest BCUT2D eigenvalue weighted by Gasteiger charge is 2.03. The number of hydrazone groups is 1. The monoisotopic (exact) mass is 300 g/mol. The lowest BCUT2D eigenvalue weighted by Gasteiger charge is -2.01. The first-order valence-corrected chi connectivity index (χ1v) is 7.16. The third kappa shape index (κ3) is 6.08. The van der Waals surface area contributed by atoms with E-state index in [2.05, 4.69) is 17.5 Å². The molecule has 1 rings (SSSR count). The zero-order valence-corrected chi connectivity index (χ0v) is 12.5. The van der Waals surface area contributed by atoms with Crippen molar-refractivity contribution in [1.29, 1.82) is 0 Å². The Balaban J connectivity index is 2.39. The molecule has 1 N–H and O–H groups in total. The molecule has 0 spiro atoms. The Hall–Kier alpha value is -1.06. The second kappa shape index (κ2) is 8.94. The van der Waals surface area contributed by atoms with Gasteiger partial charge in [-0.15, -0.1) is 0 Å². The first-order chi connectivity index (χ1) is 9.15. The van der Waals surface area contributed by atoms with E-state index in [4.69, 9.17) is 23.2 Å². The minimum absolute atomic E-state index is 0.0875. The fourth-order valence-electron chi connectivity index (χ4n) is 1.57. The van der Waals surface area contributed by atoms with Gasteiger partial charge >= 0.3 is 0 Å². The molecule has 0 atom stereocenters. The highest BCUT2D eigenvalue weighted by Crippen LogP contribution is 2.21. The maximum Gasteiger partial charge on any atom is 0.240 e. The van der Waals surface area contributed by atoms with Crippen LogP contribution in [0, 0.1) is 0 Å². The van der Waals surface area contributed by atoms with Crippen molar-refractivity contribution in [3.05, 3.63) is 33.8 Å². The number of amides is 1. The molecular formula is C14H18Cl2N2O. The third-order valence-corrected chi connectivity index (χ3v) is 3.30. The van der Waals surface area contributed by atoms with Crippen molar-refractivity contribution in [2.45, 2.75) is 39.0 Å². The van der Waals surface area contributed by atoms with E-state index >= 15 is 0 Å². The van der Waals surface area contributed by atoms with Crippen LogP contribution < -0.4 is 5.43 Å². The zero-order chi connectivity index (χ0) is 14.1. The maximum atomic E-state index is 11.5. The summed E-state index contributed by atoms with van der Waals surface area (Å²) in [5.41, 5.74) is 3.08. The van der Waals surface area contributed by atoms with Gasteiger partial charge in [0, 0.05) is 12.0 Å². The molecule has 5 heteroatoms. The van der Waals surface area contributed by atoms with Gasteiger partial charge in [-0.1, -0.05) is 55.5 Å². The lowest BCUT2D eigenvalue weighted by atomic mass is 10.1. The first-order valence-electron chi connectivity index (χ1n) is 6.41. The summed E-state index contributed by atoms with van der Waals surface area (Å²) in [7, 11) is 0. The standard InChI is InChI=1S/C14H18Cl2N2O/c1-2-3-4-5-9-14(19)18-17-10-11-12(15)7-6-8-13(11)16/h6-8,10H,2-5,9H2,1H3,(H,18,19). The van der Waals surface area contributed by atoms with E-state index in [0.717, 1.165) is 25.7 Å². The number of unbranched alkanes of at least 4 members (excludes halogenated alkanes) is 3. The van der Waals surface area contributed by atoms with Crippen molar-refractivity contribution in [3.8, 4) is 0 Å². The lowest BCUT2D eigenvalue weighted by molar-refractivity contribution is -0.121. The molecule has 0 saturated carbocycles. The Bertz CT molecular complexity index is 427. The molecule has 0 bridgehead atoms. The smallest absolute Gasteiger partial charge is 0.240 e. The van der Waals surface area contributed by atoms with Crippen LogP contribution in [0.15, 0.2) is 23.3 Å². The number of nitrogens with one attached hydrogen (secondary N) is 1. The van der Waals surface area contributed by atoms with Crippen molar-refractivity contribution >= 4 is 35.3 Å². The zero-order valence-electron chi connectivity index (χ0n) is 11.0. The number of carbonyl (C=O) groups is 1. The molecular weight excluding hydrogens is 283 g/mol. The van der Waals surface area contributed by atoms with Crippen LogP contribution in [0.4, 0.5) is 0 Å². The molecule has 19 heavy (non-hydrogen) atoms. The third-order valence-electron chi connectivity index (χ3n) is 2.64. The van der Waals surface area contributed by atoms with E-state index in [9.17, 15) is 4.79 Å². The number of benzene rings is 1. The number of hydrogen-bond acceptors (Lipinski definition) is 2. The van der Waals surface area contributed by atoms with Gasteiger partial charge in [0.25, 0.3) is 0 Å². The Labute approximate surface area is 124 Å². The maximum absolute atomic E-state index is 11.5. The van der Waals surface area contributed by atoms with Crippen LogP contribution in [0.5, 0.6) is 0 Å². The number of carbonyl (C=O) groups excluding carboxylic acids is 1. The molecule has 0 aliphatic carbocycles. The quantitative estimate of drug-likeness (QED) is 0.452. The molecule has 0 unspecified atom stereocenters. The van der Waals surface area contributed by atoms with Crippen molar-refractivity contribution in [2.24, 2.45) is 5.10 Å². The van der Waals surface area contributed by atoms with E-state index in [1.165, 1.54) is 6.21 Å². The molecule has 0 aromatic heterocycles. The largest absolute Gasteiger partial charge is 0.273 e. The number of nitrogens with zero attached hydrogens (tertiary/aromatic N) is 1. The van der Waals surface area contributed by atoms with E-state index < -0.39 is 0 Å². The van der Waals surface area contributed by atoms with Gasteiger partial charge in [0.1, 0.15) is 0 Å². The summed E-state index contributed by atoms with van der Waals surface area (Å²) in [6, 6.07) is 5.21. The molecule has 0 radical (unpaired) electrons. The van der Waals surface area contributed by atoms with Gasteiger partial charge in [-0.25, -0.2) is 5.43 Å². The van der Waals surface area contributed by atoms with Crippen LogP contribution in [0.2, 0.25) is 10.0 Å². The van der Waals surface area contributed by atoms with Gasteiger partial charge in [-0.05, 0) is 18.6 Å². The summed E-state index contributed by atoms with van der Waals surface area (Å²) in [6.07, 6.45) is 6.24. The molecule has 0 aliphatic rings. The van der Waals surface area contributed by atoms with Gasteiger partial charge in [0.2, 0.25) is 5.91 Å². The normalized spacial score (nSPS) is 10.9. The molecule has 1 aromatic rings. The van der Waals surface area contributed by atoms with Crippen LogP contribution in [0.25, 0.3) is 0 Å². The van der Waals surface area contributed by atoms with E-state index in [1.807, 2.05) is 0 Å². The van der Waals surface area contributed by atoms with Gasteiger partial charge in [0.05, 0.1) is 16.3 Å². The van der Waals surface area contributed by atoms with E-state index in [0.29, 0.717) is 22.0 Å². The van der Waals surface area contributed by atoms with E-state index in [-0.39, 0.29) is 5.91 Å². The number of hydrogen-bond donors (Lipinski definition) is 1. The van der Waals surface area contributed by atoms with Crippen molar-refractivity contribution in [3.63, 3.8) is 0 Å². The predicted octanol–water partition coefficient (Wildman–Crippen LogP) is 4.41. The van der Waals surface area contributed by atoms with Crippen LogP contribution >= 0.6 is 23.2 Å². The Morgan fingerprint density at radius 1 is 1.26 bits per heavy atom. The lowest BCUT2D eigenvalue weighted by Crippen LogP contribution is -2.16. The van der Waals surface area contributed by atoms with Gasteiger partial charge in [-0.3, -0.25) is 4.79 Å². The molecule has 3 nitrogen and oxygen atoms in total. The summed E-state index contributed by atoms with van der Waals surface area (Å²) in [5, 5.41) is 4.88. The van der Waals surface area contributed by atoms with Gasteiger partial charge in [-0.2, -0.15) is 5.10 Å². The molecule has 1 amide bonds. The van der Waals surface area contributed by atoms with Gasteiger partial charge < -0.3 is 0 Å². The molecule has 1 aromatic carbocycles. The molecule has 104 valence electrons. The molecule has 0 saturated heterocycles. The summed E-state index contributed by atoms with van der Waals surface area (Å²) in [5.74, 6) is -0.0875. The first kappa shape index (κ1) is 16.0. The average Bonchev–Trinajstić information content (AvgIpc) is 2.38. The second-order valence-electron chi connectivity index (χ2n) is 4.24. The Morgan fingerprint density at radius 3 is 2.58 bits per heavy atom. The highest BCUT2D eigenvalue weighted by atomic mass is 35.5. The van der Waals surface area contributed by atoms with Crippen LogP contribution in [-0.2, 0) is 4.79 Å². The minimum Gasteiger partial charge on any atom is -0.273 e. The summed E-state index contributed by atoms with van der Waals surface area (Å²) in [6.45, 7) is 2.14. The summed E-state index contributed by atoms with van der Waals surface area (Å²) < 4.78 is 0. The fourth-order valence-corrected chi connectivity index (χ4v) is 2.07. The SMILES string of the molecule is CCCCCCC(=O)NN=Cc1c(Cl)cccc1Cl. The topological polar surface area (TPSA) is 41.5 Å². The summed E-state index contributed by atoms with van der Waals surface area (Å²) in [4.78, 5) is 11.5. The minimum atomic E-state index is -0.0875. The van der Waals surface area contributed by atoms with Gasteiger partial charge in [0.15, 0.2) is 0 Å². The van der Waals surface area contributed by atoms with Crippen molar-refractivity contribution in [2.75, 3.05) is 0 Å². The van der Waals surface area contributed by atoms with Crippen LogP contribution in [-0.4, -0.2) is 12.1 Å². The number of rotatable bonds is 7. The van der Waals surface area contributed by atoms with Crippen LogP contribution in [0.3, 0.4) is 0 Å². The molecule has 0 heterocycles. The Kier molecular flexibility index (Phi) is 7.53. The number of halogens is 2. The predicted molar refractivity (Wildman–Crippen MR) is 81.0 cm³/mol. The average molecular weight is 301 g/mol. The molecule has 0 aliphatic heterocycles. The highest BCUT2D eigenvalue weighted by molar-refractivity contribution is 6.38. The van der Waals surface area contributed by atoms with Crippen molar-refractivity contribution in [1.82, 2.24) is 5.43 Å². The second-order valence-corrected chi connectivity index (χ2v) is 5.05. The van der Waals surface area contributed by atoms with E-state index in [1.54, 1.807) is 18.2 Å². The Morgan fingerprint density at radius 2 is 1.95 bits per heavy atom.